The van der Waals surface area contributed by atoms with Crippen LogP contribution in [0, 0.1) is 0 Å². The molecular weight excluding hydrogens is 208 g/mol. The molecule has 0 aromatic carbocycles. The minimum Gasteiger partial charge on any atom is -0.368 e. The fourth-order valence-electron chi connectivity index (χ4n) is 3.20. The van der Waals surface area contributed by atoms with E-state index < -0.39 is 0 Å². The van der Waals surface area contributed by atoms with E-state index in [-0.39, 0.29) is 5.60 Å². The molecule has 0 N–H and O–H groups in total. The smallest absolute Gasteiger partial charge is 0.0793 e. The first-order valence-electron chi connectivity index (χ1n) is 7.54. The lowest BCUT2D eigenvalue weighted by atomic mass is 9.95. The second-order valence-electron chi connectivity index (χ2n) is 6.37. The molecular formula is C16H28O. The molecule has 17 heavy (non-hydrogen) atoms. The van der Waals surface area contributed by atoms with Crippen LogP contribution < -0.4 is 0 Å². The molecule has 1 saturated heterocycles. The number of rotatable bonds is 0. The minimum atomic E-state index is 0.0800. The first-order valence-corrected chi connectivity index (χ1v) is 7.54. The number of allylic oxidation sites excluding steroid dienone is 1. The maximum Gasteiger partial charge on any atom is 0.0793 e. The first kappa shape index (κ1) is 13.1. The SMILES string of the molecule is CC1(C)C/C2=C\CCCCCCCCCC2O1. The highest BCUT2D eigenvalue weighted by Crippen LogP contribution is 2.37. The number of fused-ring (bicyclic) bond motifs is 1. The number of ether oxygens (including phenoxy) is 1. The van der Waals surface area contributed by atoms with Gasteiger partial charge in [-0.1, -0.05) is 44.6 Å². The van der Waals surface area contributed by atoms with Crippen LogP contribution in [-0.2, 0) is 4.74 Å². The molecule has 0 aromatic rings. The van der Waals surface area contributed by atoms with Gasteiger partial charge in [0.05, 0.1) is 11.7 Å². The van der Waals surface area contributed by atoms with Crippen molar-refractivity contribution in [3.05, 3.63) is 11.6 Å². The normalized spacial score (nSPS) is 34.0. The van der Waals surface area contributed by atoms with Crippen molar-refractivity contribution < 1.29 is 4.74 Å². The van der Waals surface area contributed by atoms with Gasteiger partial charge >= 0.3 is 0 Å². The molecule has 0 bridgehead atoms. The second-order valence-corrected chi connectivity index (χ2v) is 6.37. The highest BCUT2D eigenvalue weighted by Gasteiger charge is 2.34. The lowest BCUT2D eigenvalue weighted by Gasteiger charge is -2.18. The highest BCUT2D eigenvalue weighted by molar-refractivity contribution is 5.16. The molecule has 1 unspecified atom stereocenters. The largest absolute Gasteiger partial charge is 0.368 e. The van der Waals surface area contributed by atoms with Crippen molar-refractivity contribution in [3.63, 3.8) is 0 Å². The minimum absolute atomic E-state index is 0.0800. The summed E-state index contributed by atoms with van der Waals surface area (Å²) in [5, 5.41) is 0. The van der Waals surface area contributed by atoms with Crippen molar-refractivity contribution in [1.82, 2.24) is 0 Å². The summed E-state index contributed by atoms with van der Waals surface area (Å²) < 4.78 is 6.19. The molecule has 0 amide bonds. The Balaban J connectivity index is 1.97. The molecule has 1 atom stereocenters. The Hall–Kier alpha value is -0.300. The Kier molecular flexibility index (Phi) is 4.67. The van der Waals surface area contributed by atoms with E-state index in [1.54, 1.807) is 5.57 Å². The molecule has 98 valence electrons. The molecule has 1 heterocycles. The summed E-state index contributed by atoms with van der Waals surface area (Å²) in [7, 11) is 0. The van der Waals surface area contributed by atoms with E-state index in [0.717, 1.165) is 6.42 Å². The summed E-state index contributed by atoms with van der Waals surface area (Å²) in [5.74, 6) is 0. The van der Waals surface area contributed by atoms with Gasteiger partial charge in [-0.2, -0.15) is 0 Å². The van der Waals surface area contributed by atoms with E-state index in [2.05, 4.69) is 19.9 Å². The van der Waals surface area contributed by atoms with Gasteiger partial charge in [-0.15, -0.1) is 0 Å². The van der Waals surface area contributed by atoms with Gasteiger partial charge in [0, 0.05) is 0 Å². The van der Waals surface area contributed by atoms with Crippen LogP contribution in [0.3, 0.4) is 0 Å². The third kappa shape index (κ3) is 4.13. The van der Waals surface area contributed by atoms with Crippen LogP contribution in [0.4, 0.5) is 0 Å². The van der Waals surface area contributed by atoms with Gasteiger partial charge in [0.15, 0.2) is 0 Å². The predicted octanol–water partition coefficient (Wildman–Crippen LogP) is 5.00. The van der Waals surface area contributed by atoms with Crippen molar-refractivity contribution in [2.24, 2.45) is 0 Å². The van der Waals surface area contributed by atoms with Crippen molar-refractivity contribution in [3.8, 4) is 0 Å². The average molecular weight is 236 g/mol. The molecule has 1 aliphatic heterocycles. The second kappa shape index (κ2) is 6.04. The number of hydrogen-bond donors (Lipinski definition) is 0. The molecule has 1 nitrogen and oxygen atoms in total. The van der Waals surface area contributed by atoms with Gasteiger partial charge < -0.3 is 4.74 Å². The van der Waals surface area contributed by atoms with E-state index in [4.69, 9.17) is 4.74 Å². The Morgan fingerprint density at radius 3 is 2.41 bits per heavy atom. The van der Waals surface area contributed by atoms with Crippen LogP contribution in [0.1, 0.15) is 78.1 Å². The zero-order valence-corrected chi connectivity index (χ0v) is 11.6. The van der Waals surface area contributed by atoms with Gasteiger partial charge in [-0.3, -0.25) is 0 Å². The Morgan fingerprint density at radius 2 is 1.65 bits per heavy atom. The topological polar surface area (TPSA) is 9.23 Å². The summed E-state index contributed by atoms with van der Waals surface area (Å²) in [5.41, 5.74) is 1.67. The first-order chi connectivity index (χ1) is 8.17. The van der Waals surface area contributed by atoms with Gasteiger partial charge in [-0.25, -0.2) is 0 Å². The quantitative estimate of drug-likeness (QED) is 0.537. The molecule has 2 rings (SSSR count). The fourth-order valence-corrected chi connectivity index (χ4v) is 3.20. The fraction of sp³-hybridized carbons (Fsp3) is 0.875. The van der Waals surface area contributed by atoms with E-state index in [0.29, 0.717) is 6.10 Å². The van der Waals surface area contributed by atoms with Crippen molar-refractivity contribution >= 4 is 0 Å². The zero-order valence-electron chi connectivity index (χ0n) is 11.6. The van der Waals surface area contributed by atoms with Gasteiger partial charge in [0.1, 0.15) is 0 Å². The van der Waals surface area contributed by atoms with Crippen LogP contribution in [0.5, 0.6) is 0 Å². The van der Waals surface area contributed by atoms with Crippen LogP contribution in [0.25, 0.3) is 0 Å². The Morgan fingerprint density at radius 1 is 1.00 bits per heavy atom. The standard InChI is InChI=1S/C16H28O/c1-16(2)13-14-11-9-7-5-3-4-6-8-10-12-15(14)17-16/h11,15H,3-10,12-13H2,1-2H3/b14-11+. The van der Waals surface area contributed by atoms with Gasteiger partial charge in [0.25, 0.3) is 0 Å². The summed E-state index contributed by atoms with van der Waals surface area (Å²) >= 11 is 0. The van der Waals surface area contributed by atoms with Crippen LogP contribution in [0.15, 0.2) is 11.6 Å². The van der Waals surface area contributed by atoms with Crippen molar-refractivity contribution in [2.45, 2.75) is 89.8 Å². The highest BCUT2D eigenvalue weighted by atomic mass is 16.5. The molecule has 1 aliphatic carbocycles. The monoisotopic (exact) mass is 236 g/mol. The maximum absolute atomic E-state index is 6.19. The van der Waals surface area contributed by atoms with Crippen molar-refractivity contribution in [1.29, 1.82) is 0 Å². The third-order valence-electron chi connectivity index (χ3n) is 4.08. The molecule has 1 heteroatoms. The zero-order chi connectivity index (χ0) is 12.1. The molecule has 0 radical (unpaired) electrons. The van der Waals surface area contributed by atoms with E-state index >= 15 is 0 Å². The lowest BCUT2D eigenvalue weighted by molar-refractivity contribution is -0.0149. The molecule has 2 aliphatic rings. The van der Waals surface area contributed by atoms with E-state index in [9.17, 15) is 0 Å². The average Bonchev–Trinajstić information content (AvgIpc) is 2.54. The molecule has 1 fully saturated rings. The van der Waals surface area contributed by atoms with Crippen molar-refractivity contribution in [2.75, 3.05) is 0 Å². The van der Waals surface area contributed by atoms with E-state index in [1.807, 2.05) is 0 Å². The van der Waals surface area contributed by atoms with Gasteiger partial charge in [-0.05, 0) is 45.1 Å². The Bertz CT molecular complexity index is 265. The van der Waals surface area contributed by atoms with Crippen LogP contribution in [-0.4, -0.2) is 11.7 Å². The summed E-state index contributed by atoms with van der Waals surface area (Å²) in [6, 6.07) is 0. The van der Waals surface area contributed by atoms with Crippen LogP contribution in [0.2, 0.25) is 0 Å². The molecule has 0 saturated carbocycles. The van der Waals surface area contributed by atoms with E-state index in [1.165, 1.54) is 57.8 Å². The maximum atomic E-state index is 6.19. The van der Waals surface area contributed by atoms with Crippen LogP contribution >= 0.6 is 0 Å². The summed E-state index contributed by atoms with van der Waals surface area (Å²) in [6.07, 6.45) is 16.4. The molecule has 0 aromatic heterocycles. The predicted molar refractivity (Wildman–Crippen MR) is 73.2 cm³/mol. The lowest BCUT2D eigenvalue weighted by Crippen LogP contribution is -2.19. The summed E-state index contributed by atoms with van der Waals surface area (Å²) in [6.45, 7) is 4.47. The van der Waals surface area contributed by atoms with Gasteiger partial charge in [0.2, 0.25) is 0 Å². The molecule has 0 spiro atoms. The summed E-state index contributed by atoms with van der Waals surface area (Å²) in [4.78, 5) is 0. The third-order valence-corrected chi connectivity index (χ3v) is 4.08. The Labute approximate surface area is 107 Å². The number of hydrogen-bond acceptors (Lipinski definition) is 1.